The monoisotopic (exact) mass is 983 g/mol. The molecule has 2 unspecified atom stereocenters. The van der Waals surface area contributed by atoms with Crippen molar-refractivity contribution in [2.75, 3.05) is 33.0 Å². The van der Waals surface area contributed by atoms with E-state index in [-0.39, 0.29) is 80.1 Å². The summed E-state index contributed by atoms with van der Waals surface area (Å²) in [5, 5.41) is 2.24. The predicted molar refractivity (Wildman–Crippen MR) is 279 cm³/mol. The van der Waals surface area contributed by atoms with Crippen LogP contribution in [-0.2, 0) is 52.5 Å². The first kappa shape index (κ1) is 68.1. The SMILES string of the molecule is CC.CCCCCCCCOC(=O)CC(CC(=O)CCC)CC(=O)OCCCCCCCC.CCCCCCCCOC(=O)CC(CC(=O)OCCCCCCCC)CC(=O)OCC1CC(CC)[NH2+]1. The van der Waals surface area contributed by atoms with E-state index in [1.54, 1.807) is 0 Å². The normalized spacial score (nSPS) is 13.9. The van der Waals surface area contributed by atoms with Crippen molar-refractivity contribution in [3.05, 3.63) is 0 Å². The van der Waals surface area contributed by atoms with Gasteiger partial charge in [-0.3, -0.25) is 28.8 Å². The van der Waals surface area contributed by atoms with E-state index >= 15 is 0 Å². The lowest BCUT2D eigenvalue weighted by Crippen LogP contribution is -3.04. The van der Waals surface area contributed by atoms with Crippen LogP contribution in [-0.4, -0.2) is 80.7 Å². The summed E-state index contributed by atoms with van der Waals surface area (Å²) in [6.07, 6.45) is 31.0. The van der Waals surface area contributed by atoms with E-state index in [0.29, 0.717) is 51.5 Å². The van der Waals surface area contributed by atoms with Crippen LogP contribution in [0.15, 0.2) is 0 Å². The maximum atomic E-state index is 12.4. The average molecular weight is 983 g/mol. The van der Waals surface area contributed by atoms with Gasteiger partial charge in [-0.1, -0.05) is 184 Å². The zero-order valence-electron chi connectivity index (χ0n) is 46.0. The second-order valence-corrected chi connectivity index (χ2v) is 19.2. The highest BCUT2D eigenvalue weighted by Gasteiger charge is 2.33. The van der Waals surface area contributed by atoms with E-state index < -0.39 is 5.92 Å². The number of unbranched alkanes of at least 4 members (excludes halogenated alkanes) is 20. The number of carbonyl (C=O) groups excluding carboxylic acids is 6. The number of quaternary nitrogens is 1. The van der Waals surface area contributed by atoms with Gasteiger partial charge in [0.25, 0.3) is 0 Å². The number of esters is 5. The van der Waals surface area contributed by atoms with Crippen molar-refractivity contribution >= 4 is 35.6 Å². The number of Topliss-reactive ketones (excluding diaryl/α,β-unsaturated/α-hetero) is 1. The van der Waals surface area contributed by atoms with Gasteiger partial charge in [0.05, 0.1) is 38.9 Å². The molecule has 1 fully saturated rings. The minimum absolute atomic E-state index is 0.0299. The fourth-order valence-electron chi connectivity index (χ4n) is 8.24. The highest BCUT2D eigenvalue weighted by atomic mass is 16.5. The van der Waals surface area contributed by atoms with E-state index in [4.69, 9.17) is 23.7 Å². The maximum Gasteiger partial charge on any atom is 0.306 e. The maximum absolute atomic E-state index is 12.4. The fourth-order valence-corrected chi connectivity index (χ4v) is 8.24. The number of nitrogens with two attached hydrogens (primary N) is 1. The van der Waals surface area contributed by atoms with Crippen molar-refractivity contribution in [3.63, 3.8) is 0 Å². The Hall–Kier alpha value is -3.02. The van der Waals surface area contributed by atoms with Gasteiger partial charge in [0.1, 0.15) is 18.4 Å². The van der Waals surface area contributed by atoms with Crippen LogP contribution in [0.2, 0.25) is 0 Å². The smallest absolute Gasteiger partial charge is 0.306 e. The van der Waals surface area contributed by atoms with Crippen LogP contribution in [0.3, 0.4) is 0 Å². The first-order valence-corrected chi connectivity index (χ1v) is 28.7. The lowest BCUT2D eigenvalue weighted by Gasteiger charge is -2.31. The van der Waals surface area contributed by atoms with Crippen molar-refractivity contribution in [2.45, 2.75) is 286 Å². The Bertz CT molecular complexity index is 1170. The Morgan fingerprint density at radius 3 is 0.942 bits per heavy atom. The Labute approximate surface area is 422 Å². The van der Waals surface area contributed by atoms with Gasteiger partial charge < -0.3 is 29.0 Å². The largest absolute Gasteiger partial charge is 0.466 e. The van der Waals surface area contributed by atoms with Crippen molar-refractivity contribution in [2.24, 2.45) is 11.8 Å². The molecule has 12 heteroatoms. The number of ether oxygens (including phenoxy) is 5. The number of hydrogen-bond donors (Lipinski definition) is 1. The zero-order valence-corrected chi connectivity index (χ0v) is 46.0. The Kier molecular flexibility index (Phi) is 50.6. The van der Waals surface area contributed by atoms with Gasteiger partial charge in [0.15, 0.2) is 0 Å². The number of hydrogen-bond acceptors (Lipinski definition) is 11. The molecule has 0 aliphatic carbocycles. The van der Waals surface area contributed by atoms with Crippen molar-refractivity contribution in [1.82, 2.24) is 0 Å². The fraction of sp³-hybridized carbons (Fsp3) is 0.895. The second kappa shape index (κ2) is 51.3. The molecule has 0 radical (unpaired) electrons. The molecule has 69 heavy (non-hydrogen) atoms. The molecule has 0 aromatic carbocycles. The first-order chi connectivity index (χ1) is 33.5. The molecule has 0 bridgehead atoms. The van der Waals surface area contributed by atoms with Crippen LogP contribution in [0.25, 0.3) is 0 Å². The summed E-state index contributed by atoms with van der Waals surface area (Å²) in [4.78, 5) is 73.7. The summed E-state index contributed by atoms with van der Waals surface area (Å²) < 4.78 is 26.9. The van der Waals surface area contributed by atoms with Gasteiger partial charge >= 0.3 is 29.8 Å². The van der Waals surface area contributed by atoms with E-state index in [9.17, 15) is 28.8 Å². The van der Waals surface area contributed by atoms with Gasteiger partial charge in [0.2, 0.25) is 0 Å². The zero-order chi connectivity index (χ0) is 51.6. The third-order valence-electron chi connectivity index (χ3n) is 12.5. The molecular weight excluding hydrogens is 875 g/mol. The molecule has 1 heterocycles. The van der Waals surface area contributed by atoms with Gasteiger partial charge in [-0.15, -0.1) is 0 Å². The number of rotatable bonds is 45. The average Bonchev–Trinajstić information content (AvgIpc) is 3.30. The van der Waals surface area contributed by atoms with Crippen LogP contribution < -0.4 is 5.32 Å². The summed E-state index contributed by atoms with van der Waals surface area (Å²) in [6.45, 7) is 18.9. The lowest BCUT2D eigenvalue weighted by molar-refractivity contribution is -0.779. The number of ketones is 1. The second-order valence-electron chi connectivity index (χ2n) is 19.2. The van der Waals surface area contributed by atoms with Crippen molar-refractivity contribution < 1.29 is 57.8 Å². The lowest BCUT2D eigenvalue weighted by atomic mass is 9.94. The highest BCUT2D eigenvalue weighted by molar-refractivity contribution is 5.81. The van der Waals surface area contributed by atoms with Gasteiger partial charge in [-0.25, -0.2) is 0 Å². The molecule has 1 aliphatic heterocycles. The number of carbonyl (C=O) groups is 6. The summed E-state index contributed by atoms with van der Waals surface area (Å²) in [5.41, 5.74) is 0. The predicted octanol–water partition coefficient (Wildman–Crippen LogP) is 13.2. The Balaban J connectivity index is 0. The first-order valence-electron chi connectivity index (χ1n) is 28.7. The molecule has 1 saturated heterocycles. The topological polar surface area (TPSA) is 165 Å². The summed E-state index contributed by atoms with van der Waals surface area (Å²) >= 11 is 0. The summed E-state index contributed by atoms with van der Waals surface area (Å²) in [6, 6.07) is 0.950. The molecule has 0 aromatic rings. The quantitative estimate of drug-likeness (QED) is 0.0351. The van der Waals surface area contributed by atoms with Crippen molar-refractivity contribution in [1.29, 1.82) is 0 Å². The highest BCUT2D eigenvalue weighted by Crippen LogP contribution is 2.20. The molecular formula is C57H108NO11+. The Morgan fingerprint density at radius 1 is 0.377 bits per heavy atom. The third-order valence-corrected chi connectivity index (χ3v) is 12.5. The molecule has 1 aliphatic rings. The molecule has 0 aromatic heterocycles. The molecule has 1 rings (SSSR count). The minimum Gasteiger partial charge on any atom is -0.466 e. The van der Waals surface area contributed by atoms with E-state index in [2.05, 4.69) is 39.9 Å². The molecule has 2 atom stereocenters. The van der Waals surface area contributed by atoms with Crippen LogP contribution in [0, 0.1) is 11.8 Å². The molecule has 0 amide bonds. The standard InChI is InChI=1S/C29H53NO6.C26H48O5.C2H6/c1-4-7-9-11-13-15-17-34-27(31)19-24(20-28(32)35-18-16-14-12-10-8-5-2)21-29(33)36-23-26-22-25(6-3)30-26;1-4-7-9-11-13-15-18-30-25(28)21-23(20-24(27)17-6-3)22-26(29)31-19-16-14-12-10-8-5-2;1-2/h24-26,30H,4-23H2,1-3H3;23H,4-22H2,1-3H3;1-2H3/p+1. The van der Waals surface area contributed by atoms with Gasteiger partial charge in [0, 0.05) is 44.9 Å². The van der Waals surface area contributed by atoms with E-state index in [1.807, 2.05) is 20.8 Å². The third kappa shape index (κ3) is 45.8. The molecule has 0 saturated carbocycles. The molecule has 12 nitrogen and oxygen atoms in total. The van der Waals surface area contributed by atoms with Crippen molar-refractivity contribution in [3.8, 4) is 0 Å². The van der Waals surface area contributed by atoms with Gasteiger partial charge in [-0.2, -0.15) is 0 Å². The molecule has 406 valence electrons. The molecule has 2 N–H and O–H groups in total. The summed E-state index contributed by atoms with van der Waals surface area (Å²) in [5.74, 6) is -2.39. The van der Waals surface area contributed by atoms with E-state index in [0.717, 1.165) is 83.5 Å². The van der Waals surface area contributed by atoms with E-state index in [1.165, 1.54) is 89.9 Å². The summed E-state index contributed by atoms with van der Waals surface area (Å²) in [7, 11) is 0. The Morgan fingerprint density at radius 2 is 0.652 bits per heavy atom. The van der Waals surface area contributed by atoms with Gasteiger partial charge in [-0.05, 0) is 50.4 Å². The molecule has 0 spiro atoms. The minimum atomic E-state index is -0.458. The van der Waals surface area contributed by atoms with Crippen LogP contribution >= 0.6 is 0 Å². The van der Waals surface area contributed by atoms with Crippen LogP contribution in [0.5, 0.6) is 0 Å². The van der Waals surface area contributed by atoms with Crippen LogP contribution in [0.1, 0.15) is 274 Å². The van der Waals surface area contributed by atoms with Crippen LogP contribution in [0.4, 0.5) is 0 Å².